The minimum absolute atomic E-state index is 0.0140. The van der Waals surface area contributed by atoms with Gasteiger partial charge in [-0.05, 0) is 83.5 Å². The summed E-state index contributed by atoms with van der Waals surface area (Å²) in [7, 11) is 1.22. The molecule has 9 heteroatoms. The molecule has 0 rings (SSSR count). The van der Waals surface area contributed by atoms with E-state index in [1.54, 1.807) is 6.08 Å². The molecule has 0 fully saturated rings. The third-order valence-electron chi connectivity index (χ3n) is 9.82. The highest BCUT2D eigenvalue weighted by Crippen LogP contribution is 2.38. The molecular formula is C50H89N2O6P. The molecule has 0 aromatic carbocycles. The number of quaternary nitrogens is 1. The van der Waals surface area contributed by atoms with Gasteiger partial charge >= 0.3 is 0 Å². The molecule has 0 aromatic heterocycles. The Morgan fingerprint density at radius 3 is 1.58 bits per heavy atom. The molecule has 0 aliphatic heterocycles. The van der Waals surface area contributed by atoms with Crippen LogP contribution in [-0.4, -0.2) is 68.5 Å². The van der Waals surface area contributed by atoms with E-state index in [1.807, 2.05) is 27.2 Å². The molecule has 0 radical (unpaired) electrons. The van der Waals surface area contributed by atoms with Crippen molar-refractivity contribution in [2.75, 3.05) is 40.9 Å². The predicted octanol–water partition coefficient (Wildman–Crippen LogP) is 12.7. The zero-order valence-electron chi connectivity index (χ0n) is 38.4. The number of nitrogens with one attached hydrogen (secondary N) is 1. The summed E-state index contributed by atoms with van der Waals surface area (Å²) in [5, 5.41) is 13.8. The zero-order chi connectivity index (χ0) is 43.6. The predicted molar refractivity (Wildman–Crippen MR) is 251 cm³/mol. The van der Waals surface area contributed by atoms with Gasteiger partial charge in [-0.1, -0.05) is 170 Å². The molecule has 0 aliphatic carbocycles. The van der Waals surface area contributed by atoms with Crippen molar-refractivity contribution in [1.82, 2.24) is 5.32 Å². The molecule has 2 N–H and O–H groups in total. The van der Waals surface area contributed by atoms with Crippen LogP contribution in [0.4, 0.5) is 0 Å². The molecule has 59 heavy (non-hydrogen) atoms. The van der Waals surface area contributed by atoms with E-state index < -0.39 is 26.6 Å². The number of nitrogens with zero attached hydrogens (tertiary/aromatic N) is 1. The number of carbonyl (C=O) groups excluding carboxylic acids is 1. The summed E-state index contributed by atoms with van der Waals surface area (Å²) in [6.45, 7) is 4.46. The van der Waals surface area contributed by atoms with Crippen molar-refractivity contribution in [1.29, 1.82) is 0 Å². The highest BCUT2D eigenvalue weighted by Gasteiger charge is 2.23. The van der Waals surface area contributed by atoms with Gasteiger partial charge in [-0.3, -0.25) is 9.36 Å². The molecule has 1 amide bonds. The SMILES string of the molecule is CC/C=C\C/C=C\C/C=C\C/C=C\CCCCCCCCCCCCC(=O)NC(COP(=O)([O-])OCC[N+](C)(C)C)C(O)/C=C/CC/C=C/CC/C=C/CCCCCC. The molecule has 0 heterocycles. The molecule has 3 atom stereocenters. The average molecular weight is 845 g/mol. The number of aliphatic hydroxyl groups is 1. The summed E-state index contributed by atoms with van der Waals surface area (Å²) in [5.74, 6) is -0.221. The van der Waals surface area contributed by atoms with Gasteiger partial charge in [-0.25, -0.2) is 0 Å². The highest BCUT2D eigenvalue weighted by molar-refractivity contribution is 7.45. The maximum atomic E-state index is 12.9. The zero-order valence-corrected chi connectivity index (χ0v) is 39.3. The number of aliphatic hydroxyl groups excluding tert-OH is 1. The van der Waals surface area contributed by atoms with Crippen molar-refractivity contribution in [3.63, 3.8) is 0 Å². The second kappa shape index (κ2) is 41.1. The van der Waals surface area contributed by atoms with Crippen LogP contribution in [0, 0.1) is 0 Å². The lowest BCUT2D eigenvalue weighted by Crippen LogP contribution is -2.45. The Balaban J connectivity index is 4.39. The number of unbranched alkanes of at least 4 members (excludes halogenated alkanes) is 16. The Kier molecular flexibility index (Phi) is 39.4. The third-order valence-corrected chi connectivity index (χ3v) is 10.8. The van der Waals surface area contributed by atoms with Gasteiger partial charge in [0.25, 0.3) is 7.82 Å². The Morgan fingerprint density at radius 1 is 0.610 bits per heavy atom. The van der Waals surface area contributed by atoms with E-state index in [0.29, 0.717) is 17.4 Å². The first-order valence-corrected chi connectivity index (χ1v) is 24.9. The van der Waals surface area contributed by atoms with Crippen molar-refractivity contribution in [2.45, 2.75) is 187 Å². The molecule has 0 saturated carbocycles. The first-order valence-electron chi connectivity index (χ1n) is 23.4. The van der Waals surface area contributed by atoms with Gasteiger partial charge in [0.05, 0.1) is 39.9 Å². The maximum absolute atomic E-state index is 12.9. The Labute approximate surface area is 363 Å². The lowest BCUT2D eigenvalue weighted by molar-refractivity contribution is -0.870. The van der Waals surface area contributed by atoms with Gasteiger partial charge in [-0.2, -0.15) is 0 Å². The van der Waals surface area contributed by atoms with E-state index in [2.05, 4.69) is 92.1 Å². The number of rotatable bonds is 41. The summed E-state index contributed by atoms with van der Waals surface area (Å²) < 4.78 is 23.2. The van der Waals surface area contributed by atoms with Gasteiger partial charge in [0.1, 0.15) is 13.2 Å². The minimum Gasteiger partial charge on any atom is -0.756 e. The van der Waals surface area contributed by atoms with Gasteiger partial charge in [0.15, 0.2) is 0 Å². The Bertz CT molecular complexity index is 1230. The summed E-state index contributed by atoms with van der Waals surface area (Å²) in [5.41, 5.74) is 0. The monoisotopic (exact) mass is 845 g/mol. The van der Waals surface area contributed by atoms with Gasteiger partial charge in [0, 0.05) is 6.42 Å². The van der Waals surface area contributed by atoms with Crippen LogP contribution in [0.3, 0.4) is 0 Å². The number of amides is 1. The van der Waals surface area contributed by atoms with E-state index in [4.69, 9.17) is 9.05 Å². The number of hydrogen-bond donors (Lipinski definition) is 2. The second-order valence-electron chi connectivity index (χ2n) is 16.7. The normalized spacial score (nSPS) is 15.0. The van der Waals surface area contributed by atoms with Gasteiger partial charge in [-0.15, -0.1) is 0 Å². The van der Waals surface area contributed by atoms with Crippen LogP contribution < -0.4 is 10.2 Å². The summed E-state index contributed by atoms with van der Waals surface area (Å²) in [4.78, 5) is 25.3. The number of phosphoric ester groups is 1. The molecule has 0 aliphatic rings. The van der Waals surface area contributed by atoms with Gasteiger partial charge in [0.2, 0.25) is 5.91 Å². The van der Waals surface area contributed by atoms with Crippen LogP contribution in [0.5, 0.6) is 0 Å². The summed E-state index contributed by atoms with van der Waals surface area (Å²) in [6.07, 6.45) is 56.3. The van der Waals surface area contributed by atoms with E-state index in [9.17, 15) is 19.4 Å². The highest BCUT2D eigenvalue weighted by atomic mass is 31.2. The minimum atomic E-state index is -4.61. The lowest BCUT2D eigenvalue weighted by atomic mass is 10.0. The van der Waals surface area contributed by atoms with Crippen LogP contribution in [0.15, 0.2) is 85.1 Å². The van der Waals surface area contributed by atoms with Crippen LogP contribution >= 0.6 is 7.82 Å². The van der Waals surface area contributed by atoms with Crippen LogP contribution in [0.25, 0.3) is 0 Å². The quantitative estimate of drug-likeness (QED) is 0.0275. The van der Waals surface area contributed by atoms with Crippen molar-refractivity contribution in [3.05, 3.63) is 85.1 Å². The Hall–Kier alpha value is -2.32. The lowest BCUT2D eigenvalue weighted by Gasteiger charge is -2.29. The van der Waals surface area contributed by atoms with Crippen molar-refractivity contribution in [2.24, 2.45) is 0 Å². The average Bonchev–Trinajstić information content (AvgIpc) is 3.19. The topological polar surface area (TPSA) is 108 Å². The largest absolute Gasteiger partial charge is 0.756 e. The number of allylic oxidation sites excluding steroid dienone is 13. The van der Waals surface area contributed by atoms with Gasteiger partial charge < -0.3 is 28.8 Å². The fraction of sp³-hybridized carbons (Fsp3) is 0.700. The maximum Gasteiger partial charge on any atom is 0.268 e. The Morgan fingerprint density at radius 2 is 1.05 bits per heavy atom. The van der Waals surface area contributed by atoms with Crippen LogP contribution in [0.1, 0.15) is 174 Å². The van der Waals surface area contributed by atoms with Crippen LogP contribution in [-0.2, 0) is 18.4 Å². The number of phosphoric acid groups is 1. The molecule has 0 aromatic rings. The third kappa shape index (κ3) is 43.6. The first kappa shape index (κ1) is 56.7. The number of carbonyl (C=O) groups is 1. The fourth-order valence-electron chi connectivity index (χ4n) is 6.11. The second-order valence-corrected chi connectivity index (χ2v) is 18.1. The van der Waals surface area contributed by atoms with E-state index in [-0.39, 0.29) is 12.5 Å². The standard InChI is InChI=1S/C50H89N2O6P/c1-6-8-10-12-14-16-18-20-22-23-24-25-26-27-28-29-30-32-34-36-38-40-42-44-50(54)51-48(47-58-59(55,56)57-46-45-52(3,4)5)49(53)43-41-39-37-35-33-31-21-19-17-15-13-11-9-7-2/h8,10,14,16-17,19-20,22,24-25,33,35,41,43,48-49,53H,6-7,9,11-13,15,18,21,23,26-32,34,36-40,42,44-47H2,1-5H3,(H-,51,54,55,56)/b10-8-,16-14-,19-17+,22-20-,25-24-,35-33+,43-41+. The smallest absolute Gasteiger partial charge is 0.268 e. The molecule has 340 valence electrons. The summed E-state index contributed by atoms with van der Waals surface area (Å²) >= 11 is 0. The van der Waals surface area contributed by atoms with Crippen molar-refractivity contribution < 1.29 is 32.9 Å². The molecular weight excluding hydrogens is 756 g/mol. The number of likely N-dealkylation sites (N-methyl/N-ethyl adjacent to an activating group) is 1. The molecule has 0 bridgehead atoms. The molecule has 3 unspecified atom stereocenters. The van der Waals surface area contributed by atoms with E-state index >= 15 is 0 Å². The summed E-state index contributed by atoms with van der Waals surface area (Å²) in [6, 6.07) is -0.916. The fourth-order valence-corrected chi connectivity index (χ4v) is 6.84. The molecule has 0 spiro atoms. The molecule has 0 saturated heterocycles. The van der Waals surface area contributed by atoms with Crippen LogP contribution in [0.2, 0.25) is 0 Å². The van der Waals surface area contributed by atoms with E-state index in [0.717, 1.165) is 83.5 Å². The molecule has 8 nitrogen and oxygen atoms in total. The van der Waals surface area contributed by atoms with Crippen molar-refractivity contribution in [3.8, 4) is 0 Å². The first-order chi connectivity index (χ1) is 28.5. The van der Waals surface area contributed by atoms with E-state index in [1.165, 1.54) is 70.6 Å². The number of hydrogen-bond acceptors (Lipinski definition) is 6. The van der Waals surface area contributed by atoms with Crippen molar-refractivity contribution >= 4 is 13.7 Å².